The van der Waals surface area contributed by atoms with Gasteiger partial charge in [0, 0.05) is 12.6 Å². The lowest BCUT2D eigenvalue weighted by Gasteiger charge is -2.17. The highest BCUT2D eigenvalue weighted by molar-refractivity contribution is 5.28. The third-order valence-electron chi connectivity index (χ3n) is 2.54. The zero-order chi connectivity index (χ0) is 12.8. The number of alkyl halides is 2. The summed E-state index contributed by atoms with van der Waals surface area (Å²) in [6.07, 6.45) is -4.35. The van der Waals surface area contributed by atoms with Crippen LogP contribution in [0.15, 0.2) is 24.3 Å². The van der Waals surface area contributed by atoms with Crippen molar-refractivity contribution < 1.29 is 18.6 Å². The number of benzene rings is 1. The quantitative estimate of drug-likeness (QED) is 0.805. The lowest BCUT2D eigenvalue weighted by Crippen LogP contribution is -2.33. The minimum absolute atomic E-state index is 0.102. The Balaban J connectivity index is 2.48. The van der Waals surface area contributed by atoms with Gasteiger partial charge >= 0.3 is 0 Å². The molecule has 0 radical (unpaired) electrons. The van der Waals surface area contributed by atoms with E-state index in [4.69, 9.17) is 9.84 Å². The van der Waals surface area contributed by atoms with Gasteiger partial charge in [-0.25, -0.2) is 8.78 Å². The number of ether oxygens (including phenoxy) is 1. The summed E-state index contributed by atoms with van der Waals surface area (Å²) in [6, 6.07) is 7.21. The summed E-state index contributed by atoms with van der Waals surface area (Å²) < 4.78 is 29.2. The molecule has 0 aliphatic rings. The smallest absolute Gasteiger partial charge is 0.265 e. The van der Waals surface area contributed by atoms with Gasteiger partial charge in [-0.15, -0.1) is 0 Å². The summed E-state index contributed by atoms with van der Waals surface area (Å²) in [5, 5.41) is 11.8. The number of halogens is 2. The molecule has 0 spiro atoms. The van der Waals surface area contributed by atoms with Crippen molar-refractivity contribution in [3.8, 4) is 5.75 Å². The Morgan fingerprint density at radius 1 is 1.29 bits per heavy atom. The third-order valence-corrected chi connectivity index (χ3v) is 2.54. The Morgan fingerprint density at radius 3 is 2.35 bits per heavy atom. The lowest BCUT2D eigenvalue weighted by molar-refractivity contribution is -0.00439. The first-order chi connectivity index (χ1) is 8.04. The van der Waals surface area contributed by atoms with Crippen LogP contribution in [-0.4, -0.2) is 31.3 Å². The minimum Gasteiger partial charge on any atom is -0.497 e. The van der Waals surface area contributed by atoms with Crippen LogP contribution in [0.3, 0.4) is 0 Å². The summed E-state index contributed by atoms with van der Waals surface area (Å²) >= 11 is 0. The maximum absolute atomic E-state index is 12.1. The van der Waals surface area contributed by atoms with Crippen LogP contribution in [0.25, 0.3) is 0 Å². The second kappa shape index (κ2) is 6.51. The predicted molar refractivity (Wildman–Crippen MR) is 61.4 cm³/mol. The van der Waals surface area contributed by atoms with E-state index in [1.54, 1.807) is 19.2 Å². The molecule has 0 aliphatic heterocycles. The van der Waals surface area contributed by atoms with Crippen molar-refractivity contribution in [3.63, 3.8) is 0 Å². The lowest BCUT2D eigenvalue weighted by atomic mass is 10.1. The van der Waals surface area contributed by atoms with Gasteiger partial charge in [0.05, 0.1) is 7.11 Å². The van der Waals surface area contributed by atoms with E-state index in [1.807, 2.05) is 19.1 Å². The number of aliphatic hydroxyl groups is 1. The Kier molecular flexibility index (Phi) is 5.31. The molecule has 0 aromatic heterocycles. The molecule has 0 bridgehead atoms. The van der Waals surface area contributed by atoms with E-state index in [0.717, 1.165) is 11.3 Å². The normalized spacial score (nSPS) is 14.7. The molecule has 0 aliphatic carbocycles. The molecule has 1 rings (SSSR count). The Morgan fingerprint density at radius 2 is 1.88 bits per heavy atom. The molecular formula is C12H17F2NO2. The molecule has 5 heteroatoms. The molecule has 2 unspecified atom stereocenters. The van der Waals surface area contributed by atoms with Gasteiger partial charge in [0.25, 0.3) is 6.43 Å². The van der Waals surface area contributed by atoms with Crippen LogP contribution in [0.2, 0.25) is 0 Å². The molecule has 2 N–H and O–H groups in total. The molecule has 1 aromatic carbocycles. The summed E-state index contributed by atoms with van der Waals surface area (Å²) in [7, 11) is 1.58. The van der Waals surface area contributed by atoms with Gasteiger partial charge in [-0.1, -0.05) is 12.1 Å². The van der Waals surface area contributed by atoms with Gasteiger partial charge in [-0.05, 0) is 24.6 Å². The summed E-state index contributed by atoms with van der Waals surface area (Å²) in [4.78, 5) is 0. The number of hydrogen-bond acceptors (Lipinski definition) is 3. The molecule has 3 nitrogen and oxygen atoms in total. The summed E-state index contributed by atoms with van der Waals surface area (Å²) in [6.45, 7) is 1.71. The zero-order valence-electron chi connectivity index (χ0n) is 9.86. The van der Waals surface area contributed by atoms with Crippen LogP contribution in [0, 0.1) is 0 Å². The van der Waals surface area contributed by atoms with Crippen molar-refractivity contribution >= 4 is 0 Å². The van der Waals surface area contributed by atoms with E-state index in [0.29, 0.717) is 0 Å². The van der Waals surface area contributed by atoms with Crippen LogP contribution >= 0.6 is 0 Å². The zero-order valence-corrected chi connectivity index (χ0v) is 9.86. The summed E-state index contributed by atoms with van der Waals surface area (Å²) in [5.41, 5.74) is 0.951. The molecule has 0 fully saturated rings. The van der Waals surface area contributed by atoms with Crippen molar-refractivity contribution in [2.75, 3.05) is 13.7 Å². The molecular weight excluding hydrogens is 228 g/mol. The second-order valence-electron chi connectivity index (χ2n) is 3.80. The number of rotatable bonds is 6. The molecule has 96 valence electrons. The van der Waals surface area contributed by atoms with E-state index in [9.17, 15) is 8.78 Å². The number of methoxy groups -OCH3 is 1. The van der Waals surface area contributed by atoms with Crippen LogP contribution in [0.4, 0.5) is 8.78 Å². The van der Waals surface area contributed by atoms with Gasteiger partial charge in [-0.2, -0.15) is 0 Å². The minimum atomic E-state index is -2.72. The summed E-state index contributed by atoms with van der Waals surface area (Å²) in [5.74, 6) is 0.744. The average Bonchev–Trinajstić information content (AvgIpc) is 2.35. The largest absolute Gasteiger partial charge is 0.497 e. The van der Waals surface area contributed by atoms with E-state index < -0.39 is 12.5 Å². The van der Waals surface area contributed by atoms with E-state index in [-0.39, 0.29) is 12.6 Å². The Bertz CT molecular complexity index is 330. The maximum Gasteiger partial charge on any atom is 0.265 e. The average molecular weight is 245 g/mol. The van der Waals surface area contributed by atoms with Crippen LogP contribution in [0.5, 0.6) is 5.75 Å². The topological polar surface area (TPSA) is 41.5 Å². The molecule has 1 aromatic rings. The monoisotopic (exact) mass is 245 g/mol. The van der Waals surface area contributed by atoms with Crippen molar-refractivity contribution in [1.82, 2.24) is 5.32 Å². The van der Waals surface area contributed by atoms with Crippen molar-refractivity contribution in [2.24, 2.45) is 0 Å². The maximum atomic E-state index is 12.1. The Hall–Kier alpha value is -1.20. The third kappa shape index (κ3) is 4.28. The number of aliphatic hydroxyl groups excluding tert-OH is 1. The molecule has 2 atom stereocenters. The number of nitrogens with one attached hydrogen (secondary N) is 1. The highest BCUT2D eigenvalue weighted by Gasteiger charge is 2.17. The van der Waals surface area contributed by atoms with Crippen molar-refractivity contribution in [1.29, 1.82) is 0 Å². The van der Waals surface area contributed by atoms with Gasteiger partial charge in [0.1, 0.15) is 11.9 Å². The molecule has 0 saturated carbocycles. The predicted octanol–water partition coefficient (Wildman–Crippen LogP) is 1.97. The highest BCUT2D eigenvalue weighted by Crippen LogP contribution is 2.17. The van der Waals surface area contributed by atoms with Gasteiger partial charge in [0.2, 0.25) is 0 Å². The molecule has 0 heterocycles. The van der Waals surface area contributed by atoms with E-state index in [1.165, 1.54) is 0 Å². The van der Waals surface area contributed by atoms with Crippen molar-refractivity contribution in [2.45, 2.75) is 25.5 Å². The SMILES string of the molecule is COc1ccc(C(C)NCC(O)C(F)F)cc1. The fourth-order valence-electron chi connectivity index (χ4n) is 1.40. The van der Waals surface area contributed by atoms with Crippen molar-refractivity contribution in [3.05, 3.63) is 29.8 Å². The van der Waals surface area contributed by atoms with Gasteiger partial charge < -0.3 is 15.2 Å². The van der Waals surface area contributed by atoms with Crippen LogP contribution in [0.1, 0.15) is 18.5 Å². The second-order valence-corrected chi connectivity index (χ2v) is 3.80. The Labute approximate surface area is 99.4 Å². The molecule has 17 heavy (non-hydrogen) atoms. The van der Waals surface area contributed by atoms with Crippen LogP contribution < -0.4 is 10.1 Å². The van der Waals surface area contributed by atoms with Gasteiger partial charge in [-0.3, -0.25) is 0 Å². The van der Waals surface area contributed by atoms with Gasteiger partial charge in [0.15, 0.2) is 0 Å². The van der Waals surface area contributed by atoms with E-state index >= 15 is 0 Å². The fraction of sp³-hybridized carbons (Fsp3) is 0.500. The first-order valence-corrected chi connectivity index (χ1v) is 5.38. The standard InChI is InChI=1S/C12H17F2NO2/c1-8(15-7-11(16)12(13)14)9-3-5-10(17-2)6-4-9/h3-6,8,11-12,15-16H,7H2,1-2H3. The molecule has 0 amide bonds. The van der Waals surface area contributed by atoms with E-state index in [2.05, 4.69) is 5.32 Å². The van der Waals surface area contributed by atoms with Crippen LogP contribution in [-0.2, 0) is 0 Å². The highest BCUT2D eigenvalue weighted by atomic mass is 19.3. The fourth-order valence-corrected chi connectivity index (χ4v) is 1.40. The molecule has 0 saturated heterocycles. The first-order valence-electron chi connectivity index (χ1n) is 5.38. The first kappa shape index (κ1) is 13.9. The number of hydrogen-bond donors (Lipinski definition) is 2.